The molecule has 1 aliphatic heterocycles. The van der Waals surface area contributed by atoms with Gasteiger partial charge >= 0.3 is 0 Å². The number of fused-ring (bicyclic) bond motifs is 13. The summed E-state index contributed by atoms with van der Waals surface area (Å²) in [6.07, 6.45) is 0. The molecule has 0 atom stereocenters. The van der Waals surface area contributed by atoms with Gasteiger partial charge in [-0.15, -0.1) is 0 Å². The highest BCUT2D eigenvalue weighted by atomic mass is 16.5. The van der Waals surface area contributed by atoms with E-state index in [1.807, 2.05) is 0 Å². The van der Waals surface area contributed by atoms with Crippen LogP contribution < -0.4 is 9.64 Å². The second kappa shape index (κ2) is 12.3. The molecule has 0 bridgehead atoms. The first-order valence-electron chi connectivity index (χ1n) is 19.7. The Morgan fingerprint density at radius 1 is 0.316 bits per heavy atom. The SMILES string of the molecule is c1ccc(-c2ccc3cc(N(c4ccc5c(c4)-c4ccccc4C54c5ccccc5Oc5ccccc54)c4ccc5c(ccc6ccccc65)c4)ccc3c2)cc1. The van der Waals surface area contributed by atoms with E-state index in [1.54, 1.807) is 0 Å². The molecular weight excluding hydrogens is 691 g/mol. The Bertz CT molecular complexity index is 3190. The van der Waals surface area contributed by atoms with E-state index in [9.17, 15) is 0 Å². The Hall–Kier alpha value is -7.42. The first-order chi connectivity index (χ1) is 28.2. The summed E-state index contributed by atoms with van der Waals surface area (Å²) in [5.74, 6) is 1.81. The van der Waals surface area contributed by atoms with Crippen molar-refractivity contribution in [1.82, 2.24) is 0 Å². The van der Waals surface area contributed by atoms with E-state index in [-0.39, 0.29) is 0 Å². The van der Waals surface area contributed by atoms with Crippen LogP contribution in [0.1, 0.15) is 22.3 Å². The van der Waals surface area contributed by atoms with Crippen molar-refractivity contribution < 1.29 is 4.74 Å². The lowest BCUT2D eigenvalue weighted by atomic mass is 9.66. The normalized spacial score (nSPS) is 13.2. The van der Waals surface area contributed by atoms with Gasteiger partial charge in [-0.25, -0.2) is 0 Å². The average Bonchev–Trinajstić information content (AvgIpc) is 3.56. The molecule has 2 heteroatoms. The number of anilines is 3. The van der Waals surface area contributed by atoms with Crippen molar-refractivity contribution in [1.29, 1.82) is 0 Å². The number of ether oxygens (including phenoxy) is 1. The van der Waals surface area contributed by atoms with Gasteiger partial charge in [0.25, 0.3) is 0 Å². The van der Waals surface area contributed by atoms with Gasteiger partial charge < -0.3 is 9.64 Å². The minimum atomic E-state index is -0.510. The molecule has 0 aromatic heterocycles. The molecule has 1 spiro atoms. The second-order valence-electron chi connectivity index (χ2n) is 15.3. The molecule has 0 unspecified atom stereocenters. The zero-order chi connectivity index (χ0) is 37.5. The molecule has 2 aliphatic rings. The monoisotopic (exact) mass is 725 g/mol. The average molecular weight is 726 g/mol. The Kier molecular flexibility index (Phi) is 6.88. The van der Waals surface area contributed by atoms with Crippen LogP contribution in [0.3, 0.4) is 0 Å². The van der Waals surface area contributed by atoms with E-state index in [2.05, 4.69) is 217 Å². The van der Waals surface area contributed by atoms with Crippen molar-refractivity contribution in [3.05, 3.63) is 235 Å². The highest BCUT2D eigenvalue weighted by Gasteiger charge is 2.51. The Morgan fingerprint density at radius 3 is 1.68 bits per heavy atom. The molecule has 12 rings (SSSR count). The summed E-state index contributed by atoms with van der Waals surface area (Å²) in [5, 5.41) is 7.40. The maximum absolute atomic E-state index is 6.59. The fraction of sp³-hybridized carbons (Fsp3) is 0.0182. The van der Waals surface area contributed by atoms with E-state index < -0.39 is 5.41 Å². The molecule has 0 radical (unpaired) electrons. The van der Waals surface area contributed by atoms with Crippen molar-refractivity contribution in [3.8, 4) is 33.8 Å². The van der Waals surface area contributed by atoms with Gasteiger partial charge in [-0.05, 0) is 120 Å². The lowest BCUT2D eigenvalue weighted by Gasteiger charge is -2.39. The third-order valence-corrected chi connectivity index (χ3v) is 12.3. The molecule has 1 aliphatic carbocycles. The molecule has 10 aromatic rings. The van der Waals surface area contributed by atoms with Gasteiger partial charge in [-0.3, -0.25) is 0 Å². The third-order valence-electron chi connectivity index (χ3n) is 12.3. The maximum Gasteiger partial charge on any atom is 0.132 e. The predicted octanol–water partition coefficient (Wildman–Crippen LogP) is 14.8. The molecule has 266 valence electrons. The lowest BCUT2D eigenvalue weighted by Crippen LogP contribution is -2.32. The van der Waals surface area contributed by atoms with Crippen LogP contribution in [0.2, 0.25) is 0 Å². The number of nitrogens with zero attached hydrogens (tertiary/aromatic N) is 1. The number of hydrogen-bond donors (Lipinski definition) is 0. The predicted molar refractivity (Wildman–Crippen MR) is 236 cm³/mol. The van der Waals surface area contributed by atoms with Crippen LogP contribution in [0.5, 0.6) is 11.5 Å². The van der Waals surface area contributed by atoms with Crippen molar-refractivity contribution in [2.45, 2.75) is 5.41 Å². The van der Waals surface area contributed by atoms with Crippen LogP contribution in [0.4, 0.5) is 17.1 Å². The Balaban J connectivity index is 1.08. The van der Waals surface area contributed by atoms with E-state index in [1.165, 1.54) is 76.8 Å². The molecule has 0 N–H and O–H groups in total. The Labute approximate surface area is 331 Å². The van der Waals surface area contributed by atoms with E-state index in [0.29, 0.717) is 0 Å². The van der Waals surface area contributed by atoms with E-state index in [0.717, 1.165) is 28.6 Å². The Morgan fingerprint density at radius 2 is 0.860 bits per heavy atom. The van der Waals surface area contributed by atoms with Crippen LogP contribution >= 0.6 is 0 Å². The fourth-order valence-corrected chi connectivity index (χ4v) is 9.76. The van der Waals surface area contributed by atoms with Crippen molar-refractivity contribution in [2.24, 2.45) is 0 Å². The molecule has 0 saturated carbocycles. The molecule has 0 fully saturated rings. The molecule has 0 amide bonds. The zero-order valence-electron chi connectivity index (χ0n) is 31.1. The third kappa shape index (κ3) is 4.71. The van der Waals surface area contributed by atoms with Crippen LogP contribution in [0.15, 0.2) is 212 Å². The summed E-state index contributed by atoms with van der Waals surface area (Å²) in [6, 6.07) is 77.5. The first-order valence-corrected chi connectivity index (χ1v) is 19.7. The molecular formula is C55H35NO. The van der Waals surface area contributed by atoms with Crippen LogP contribution in [-0.2, 0) is 5.41 Å². The summed E-state index contributed by atoms with van der Waals surface area (Å²) in [6.45, 7) is 0. The summed E-state index contributed by atoms with van der Waals surface area (Å²) < 4.78 is 6.59. The van der Waals surface area contributed by atoms with Gasteiger partial charge in [-0.1, -0.05) is 158 Å². The van der Waals surface area contributed by atoms with Gasteiger partial charge in [0.05, 0.1) is 5.41 Å². The number of benzene rings is 10. The standard InChI is InChI=1S/C55H35NO/c1-2-12-36(13-3-1)38-23-24-40-33-42(27-26-39(40)32-38)56(43-28-30-46-41(34-43)25-22-37-14-4-5-15-45(37)46)44-29-31-50-48(35-44)47-16-6-7-17-49(47)55(50)51-18-8-10-20-53(51)57-54-21-11-9-19-52(54)55/h1-35H. The number of hydrogen-bond acceptors (Lipinski definition) is 2. The highest BCUT2D eigenvalue weighted by Crippen LogP contribution is 2.62. The van der Waals surface area contributed by atoms with Gasteiger partial charge in [0.15, 0.2) is 0 Å². The van der Waals surface area contributed by atoms with Gasteiger partial charge in [0.2, 0.25) is 0 Å². The van der Waals surface area contributed by atoms with Gasteiger partial charge in [-0.2, -0.15) is 0 Å². The van der Waals surface area contributed by atoms with Crippen LogP contribution in [-0.4, -0.2) is 0 Å². The minimum absolute atomic E-state index is 0.510. The van der Waals surface area contributed by atoms with Gasteiger partial charge in [0, 0.05) is 28.2 Å². The van der Waals surface area contributed by atoms with Crippen molar-refractivity contribution in [2.75, 3.05) is 4.90 Å². The quantitative estimate of drug-likeness (QED) is 0.168. The van der Waals surface area contributed by atoms with E-state index >= 15 is 0 Å². The molecule has 10 aromatic carbocycles. The summed E-state index contributed by atoms with van der Waals surface area (Å²) in [4.78, 5) is 2.43. The maximum atomic E-state index is 6.59. The largest absolute Gasteiger partial charge is 0.457 e. The molecule has 2 nitrogen and oxygen atoms in total. The summed E-state index contributed by atoms with van der Waals surface area (Å²) >= 11 is 0. The van der Waals surface area contributed by atoms with Crippen LogP contribution in [0, 0.1) is 0 Å². The number of rotatable bonds is 4. The summed E-state index contributed by atoms with van der Waals surface area (Å²) in [7, 11) is 0. The first kappa shape index (κ1) is 31.9. The molecule has 0 saturated heterocycles. The molecule has 1 heterocycles. The van der Waals surface area contributed by atoms with Gasteiger partial charge in [0.1, 0.15) is 11.5 Å². The highest BCUT2D eigenvalue weighted by molar-refractivity contribution is 6.09. The lowest BCUT2D eigenvalue weighted by molar-refractivity contribution is 0.436. The van der Waals surface area contributed by atoms with Crippen molar-refractivity contribution >= 4 is 49.4 Å². The molecule has 57 heavy (non-hydrogen) atoms. The smallest absolute Gasteiger partial charge is 0.132 e. The van der Waals surface area contributed by atoms with Crippen LogP contribution in [0.25, 0.3) is 54.6 Å². The number of para-hydroxylation sites is 2. The van der Waals surface area contributed by atoms with E-state index in [4.69, 9.17) is 4.74 Å². The van der Waals surface area contributed by atoms with Crippen molar-refractivity contribution in [3.63, 3.8) is 0 Å². The fourth-order valence-electron chi connectivity index (χ4n) is 9.76. The zero-order valence-corrected chi connectivity index (χ0v) is 31.1. The topological polar surface area (TPSA) is 12.5 Å². The minimum Gasteiger partial charge on any atom is -0.457 e. The second-order valence-corrected chi connectivity index (χ2v) is 15.3. The summed E-state index contributed by atoms with van der Waals surface area (Å²) in [5.41, 5.74) is 12.6.